The van der Waals surface area contributed by atoms with Crippen molar-refractivity contribution in [2.45, 2.75) is 26.8 Å². The largest absolute Gasteiger partial charge is 0.325 e. The van der Waals surface area contributed by atoms with E-state index in [0.29, 0.717) is 0 Å². The number of para-hydroxylation sites is 1. The van der Waals surface area contributed by atoms with Crippen LogP contribution in [0.3, 0.4) is 0 Å². The highest BCUT2D eigenvalue weighted by Crippen LogP contribution is 2.12. The highest BCUT2D eigenvalue weighted by atomic mass is 19.1. The molecule has 0 atom stereocenters. The number of nitrogens with zero attached hydrogens (tertiary/aromatic N) is 1. The standard InChI is InChI=1S/C14H16FN3O2/c1-9-10(2)18(14(20)16-9)8-7-13(19)17-12-6-4-3-5-11(12)15/h3-6H,7-8H2,1-2H3,(H,16,20)(H,17,19). The second-order valence-electron chi connectivity index (χ2n) is 4.57. The number of aromatic nitrogens is 2. The van der Waals surface area contributed by atoms with Crippen LogP contribution < -0.4 is 11.0 Å². The molecule has 0 saturated carbocycles. The van der Waals surface area contributed by atoms with Crippen LogP contribution in [-0.2, 0) is 11.3 Å². The van der Waals surface area contributed by atoms with Crippen LogP contribution in [0.25, 0.3) is 0 Å². The molecule has 0 bridgehead atoms. The lowest BCUT2D eigenvalue weighted by Crippen LogP contribution is -2.22. The highest BCUT2D eigenvalue weighted by Gasteiger charge is 2.10. The molecule has 0 fully saturated rings. The molecule has 0 aliphatic heterocycles. The van der Waals surface area contributed by atoms with E-state index in [1.54, 1.807) is 19.1 Å². The number of benzene rings is 1. The normalized spacial score (nSPS) is 10.6. The van der Waals surface area contributed by atoms with Crippen molar-refractivity contribution in [2.24, 2.45) is 0 Å². The van der Waals surface area contributed by atoms with E-state index in [9.17, 15) is 14.0 Å². The first-order valence-corrected chi connectivity index (χ1v) is 6.29. The zero-order valence-electron chi connectivity index (χ0n) is 11.4. The zero-order chi connectivity index (χ0) is 14.7. The van der Waals surface area contributed by atoms with E-state index in [0.717, 1.165) is 11.4 Å². The maximum Gasteiger partial charge on any atom is 0.325 e. The molecule has 0 saturated heterocycles. The Morgan fingerprint density at radius 2 is 2.05 bits per heavy atom. The van der Waals surface area contributed by atoms with Gasteiger partial charge in [-0.05, 0) is 26.0 Å². The number of carbonyl (C=O) groups excluding carboxylic acids is 1. The maximum atomic E-state index is 13.4. The Morgan fingerprint density at radius 1 is 1.35 bits per heavy atom. The van der Waals surface area contributed by atoms with Crippen LogP contribution in [0.2, 0.25) is 0 Å². The van der Waals surface area contributed by atoms with E-state index in [2.05, 4.69) is 10.3 Å². The van der Waals surface area contributed by atoms with Crippen molar-refractivity contribution >= 4 is 11.6 Å². The molecule has 5 nitrogen and oxygen atoms in total. The summed E-state index contributed by atoms with van der Waals surface area (Å²) in [5, 5.41) is 2.49. The van der Waals surface area contributed by atoms with Crippen LogP contribution >= 0.6 is 0 Å². The van der Waals surface area contributed by atoms with E-state index in [-0.39, 0.29) is 30.2 Å². The van der Waals surface area contributed by atoms with Crippen LogP contribution in [-0.4, -0.2) is 15.5 Å². The summed E-state index contributed by atoms with van der Waals surface area (Å²) in [5.74, 6) is -0.813. The summed E-state index contributed by atoms with van der Waals surface area (Å²) in [6.07, 6.45) is 0.104. The molecule has 1 amide bonds. The van der Waals surface area contributed by atoms with Crippen molar-refractivity contribution in [3.8, 4) is 0 Å². The molecule has 2 N–H and O–H groups in total. The number of amides is 1. The number of carbonyl (C=O) groups is 1. The monoisotopic (exact) mass is 277 g/mol. The fraction of sp³-hybridized carbons (Fsp3) is 0.286. The molecule has 0 aliphatic rings. The van der Waals surface area contributed by atoms with Gasteiger partial charge in [-0.25, -0.2) is 9.18 Å². The zero-order valence-corrected chi connectivity index (χ0v) is 11.4. The van der Waals surface area contributed by atoms with Gasteiger partial charge in [0.15, 0.2) is 0 Å². The number of aryl methyl sites for hydroxylation is 1. The summed E-state index contributed by atoms with van der Waals surface area (Å²) in [7, 11) is 0. The first kappa shape index (κ1) is 14.0. The van der Waals surface area contributed by atoms with Crippen molar-refractivity contribution < 1.29 is 9.18 Å². The Hall–Kier alpha value is -2.37. The second kappa shape index (κ2) is 5.73. The van der Waals surface area contributed by atoms with Crippen LogP contribution in [0, 0.1) is 19.7 Å². The average Bonchev–Trinajstić information content (AvgIpc) is 2.64. The van der Waals surface area contributed by atoms with Gasteiger partial charge in [0.05, 0.1) is 5.69 Å². The Kier molecular flexibility index (Phi) is 4.02. The molecular weight excluding hydrogens is 261 g/mol. The first-order chi connectivity index (χ1) is 9.49. The van der Waals surface area contributed by atoms with Crippen molar-refractivity contribution in [3.05, 3.63) is 52.0 Å². The van der Waals surface area contributed by atoms with Crippen molar-refractivity contribution in [3.63, 3.8) is 0 Å². The number of nitrogens with one attached hydrogen (secondary N) is 2. The third kappa shape index (κ3) is 2.96. The summed E-state index contributed by atoms with van der Waals surface area (Å²) < 4.78 is 14.9. The topological polar surface area (TPSA) is 66.9 Å². The Labute approximate surface area is 115 Å². The van der Waals surface area contributed by atoms with Gasteiger partial charge in [-0.15, -0.1) is 0 Å². The van der Waals surface area contributed by atoms with Crippen LogP contribution in [0.15, 0.2) is 29.1 Å². The van der Waals surface area contributed by atoms with Crippen LogP contribution in [0.4, 0.5) is 10.1 Å². The number of halogens is 1. The molecule has 1 aromatic carbocycles. The molecule has 1 heterocycles. The molecule has 6 heteroatoms. The van der Waals surface area contributed by atoms with Gasteiger partial charge < -0.3 is 10.3 Å². The number of hydrogen-bond acceptors (Lipinski definition) is 2. The number of aromatic amines is 1. The first-order valence-electron chi connectivity index (χ1n) is 6.29. The summed E-state index contributed by atoms with van der Waals surface area (Å²) in [6, 6.07) is 5.96. The van der Waals surface area contributed by atoms with E-state index >= 15 is 0 Å². The van der Waals surface area contributed by atoms with Crippen molar-refractivity contribution in [1.82, 2.24) is 9.55 Å². The van der Waals surface area contributed by atoms with Gasteiger partial charge in [0.25, 0.3) is 0 Å². The van der Waals surface area contributed by atoms with Crippen LogP contribution in [0.5, 0.6) is 0 Å². The summed E-state index contributed by atoms with van der Waals surface area (Å²) >= 11 is 0. The average molecular weight is 277 g/mol. The fourth-order valence-corrected chi connectivity index (χ4v) is 1.93. The molecule has 0 spiro atoms. The minimum atomic E-state index is -0.480. The number of anilines is 1. The summed E-state index contributed by atoms with van der Waals surface area (Å²) in [6.45, 7) is 3.87. The third-order valence-electron chi connectivity index (χ3n) is 3.20. The van der Waals surface area contributed by atoms with Gasteiger partial charge in [0.1, 0.15) is 5.82 Å². The molecular formula is C14H16FN3O2. The lowest BCUT2D eigenvalue weighted by Gasteiger charge is -2.07. The van der Waals surface area contributed by atoms with Gasteiger partial charge >= 0.3 is 5.69 Å². The smallest absolute Gasteiger partial charge is 0.324 e. The lowest BCUT2D eigenvalue weighted by atomic mass is 10.3. The number of rotatable bonds is 4. The number of hydrogen-bond donors (Lipinski definition) is 2. The summed E-state index contributed by atoms with van der Waals surface area (Å²) in [4.78, 5) is 26.0. The summed E-state index contributed by atoms with van der Waals surface area (Å²) in [5.41, 5.74) is 1.49. The Bertz CT molecular complexity index is 688. The Morgan fingerprint density at radius 3 is 2.65 bits per heavy atom. The minimum Gasteiger partial charge on any atom is -0.324 e. The Balaban J connectivity index is 1.99. The van der Waals surface area contributed by atoms with Crippen LogP contribution in [0.1, 0.15) is 17.8 Å². The van der Waals surface area contributed by atoms with E-state index in [1.807, 2.05) is 6.92 Å². The van der Waals surface area contributed by atoms with E-state index in [1.165, 1.54) is 16.7 Å². The van der Waals surface area contributed by atoms with Gasteiger partial charge in [-0.3, -0.25) is 9.36 Å². The lowest BCUT2D eigenvalue weighted by molar-refractivity contribution is -0.116. The predicted octanol–water partition coefficient (Wildman–Crippen LogP) is 1.96. The predicted molar refractivity (Wildman–Crippen MR) is 74.2 cm³/mol. The molecule has 2 rings (SSSR count). The SMILES string of the molecule is Cc1[nH]c(=O)n(CCC(=O)Nc2ccccc2F)c1C. The quantitative estimate of drug-likeness (QED) is 0.897. The molecule has 1 aromatic heterocycles. The van der Waals surface area contributed by atoms with E-state index < -0.39 is 5.82 Å². The van der Waals surface area contributed by atoms with Gasteiger partial charge in [-0.1, -0.05) is 12.1 Å². The number of imidazole rings is 1. The minimum absolute atomic E-state index is 0.104. The second-order valence-corrected chi connectivity index (χ2v) is 4.57. The maximum absolute atomic E-state index is 13.4. The molecule has 0 aliphatic carbocycles. The fourth-order valence-electron chi connectivity index (χ4n) is 1.93. The highest BCUT2D eigenvalue weighted by molar-refractivity contribution is 5.90. The number of H-pyrrole nitrogens is 1. The third-order valence-corrected chi connectivity index (χ3v) is 3.20. The van der Waals surface area contributed by atoms with Crippen molar-refractivity contribution in [2.75, 3.05) is 5.32 Å². The van der Waals surface area contributed by atoms with Crippen molar-refractivity contribution in [1.29, 1.82) is 0 Å². The van der Waals surface area contributed by atoms with Gasteiger partial charge in [-0.2, -0.15) is 0 Å². The molecule has 0 unspecified atom stereocenters. The van der Waals surface area contributed by atoms with E-state index in [4.69, 9.17) is 0 Å². The molecule has 20 heavy (non-hydrogen) atoms. The molecule has 2 aromatic rings. The van der Waals surface area contributed by atoms with Gasteiger partial charge in [0.2, 0.25) is 5.91 Å². The van der Waals surface area contributed by atoms with Gasteiger partial charge in [0, 0.05) is 24.4 Å². The molecule has 106 valence electrons. The molecule has 0 radical (unpaired) electrons.